The summed E-state index contributed by atoms with van der Waals surface area (Å²) in [6.45, 7) is 9.48. The standard InChI is InChI=1S/C25H37NO2/c1-20(2)11-9-12-21(3)13-10-14-22(4)17-18-26-24(25(27)28-5)19-23-15-7-6-8-16-23/h6-8,11,13,15-17,24,26H,9-10,12,14,18-19H2,1-5H3/p+1/b21-13+,22-17+/t24-/m0/s1. The van der Waals surface area contributed by atoms with Crippen LogP contribution < -0.4 is 5.32 Å². The zero-order valence-corrected chi connectivity index (χ0v) is 18.3. The first-order valence-corrected chi connectivity index (χ1v) is 10.3. The highest BCUT2D eigenvalue weighted by atomic mass is 16.5. The third-order valence-corrected chi connectivity index (χ3v) is 4.81. The smallest absolute Gasteiger partial charge is 0.364 e. The van der Waals surface area contributed by atoms with Gasteiger partial charge < -0.3 is 10.1 Å². The molecule has 0 saturated heterocycles. The van der Waals surface area contributed by atoms with E-state index in [1.807, 2.05) is 18.2 Å². The van der Waals surface area contributed by atoms with Crippen LogP contribution >= 0.6 is 0 Å². The summed E-state index contributed by atoms with van der Waals surface area (Å²) in [6.07, 6.45) is 12.0. The Hall–Kier alpha value is -2.13. The molecule has 0 amide bonds. The molecule has 154 valence electrons. The van der Waals surface area contributed by atoms with Crippen molar-refractivity contribution in [2.75, 3.05) is 13.7 Å². The molecule has 0 bridgehead atoms. The average Bonchev–Trinajstić information content (AvgIpc) is 2.67. The Morgan fingerprint density at radius 2 is 1.57 bits per heavy atom. The molecule has 0 unspecified atom stereocenters. The molecule has 3 nitrogen and oxygen atoms in total. The van der Waals surface area contributed by atoms with Crippen molar-refractivity contribution >= 4 is 5.97 Å². The number of ether oxygens (including phenoxy) is 1. The lowest BCUT2D eigenvalue weighted by Gasteiger charge is -2.13. The summed E-state index contributed by atoms with van der Waals surface area (Å²) in [5.41, 5.74) is 5.38. The number of benzene rings is 1. The van der Waals surface area contributed by atoms with Crippen molar-refractivity contribution < 1.29 is 14.8 Å². The molecule has 1 aromatic carbocycles. The second-order valence-corrected chi connectivity index (χ2v) is 7.75. The van der Waals surface area contributed by atoms with Crippen LogP contribution in [0.2, 0.25) is 0 Å². The molecule has 0 radical (unpaired) electrons. The predicted octanol–water partition coefficient (Wildman–Crippen LogP) is 4.75. The Kier molecular flexibility index (Phi) is 11.9. The molecule has 0 saturated carbocycles. The maximum atomic E-state index is 12.1. The number of rotatable bonds is 12. The van der Waals surface area contributed by atoms with E-state index in [0.29, 0.717) is 6.42 Å². The number of hydrogen-bond acceptors (Lipinski definition) is 2. The minimum atomic E-state index is -0.200. The number of allylic oxidation sites excluding steroid dienone is 5. The minimum Gasteiger partial charge on any atom is -0.465 e. The molecule has 0 aromatic heterocycles. The van der Waals surface area contributed by atoms with Gasteiger partial charge in [-0.1, -0.05) is 59.2 Å². The van der Waals surface area contributed by atoms with Gasteiger partial charge in [-0.15, -0.1) is 0 Å². The topological polar surface area (TPSA) is 42.9 Å². The maximum absolute atomic E-state index is 12.1. The summed E-state index contributed by atoms with van der Waals surface area (Å²) in [5, 5.41) is 2.07. The summed E-state index contributed by atoms with van der Waals surface area (Å²) in [5.74, 6) is -0.162. The lowest BCUT2D eigenvalue weighted by Crippen LogP contribution is -2.92. The van der Waals surface area contributed by atoms with Crippen molar-refractivity contribution in [2.45, 2.75) is 65.8 Å². The summed E-state index contributed by atoms with van der Waals surface area (Å²) in [4.78, 5) is 12.1. The van der Waals surface area contributed by atoms with Crippen LogP contribution in [0, 0.1) is 0 Å². The molecule has 0 aliphatic rings. The Balaban J connectivity index is 2.43. The highest BCUT2D eigenvalue weighted by Crippen LogP contribution is 2.11. The molecule has 1 atom stereocenters. The molecule has 1 rings (SSSR count). The largest absolute Gasteiger partial charge is 0.465 e. The third-order valence-electron chi connectivity index (χ3n) is 4.81. The zero-order chi connectivity index (χ0) is 20.8. The quantitative estimate of drug-likeness (QED) is 0.417. The van der Waals surface area contributed by atoms with Gasteiger partial charge in [0.05, 0.1) is 13.7 Å². The highest BCUT2D eigenvalue weighted by molar-refractivity contribution is 5.74. The normalized spacial score (nSPS) is 13.2. The van der Waals surface area contributed by atoms with Gasteiger partial charge in [0.2, 0.25) is 0 Å². The summed E-state index contributed by atoms with van der Waals surface area (Å²) in [6, 6.07) is 9.90. The minimum absolute atomic E-state index is 0.162. The van der Waals surface area contributed by atoms with Gasteiger partial charge in [-0.3, -0.25) is 0 Å². The summed E-state index contributed by atoms with van der Waals surface area (Å²) < 4.78 is 4.98. The van der Waals surface area contributed by atoms with E-state index in [1.165, 1.54) is 23.8 Å². The first-order chi connectivity index (χ1) is 13.4. The van der Waals surface area contributed by atoms with Crippen molar-refractivity contribution in [1.82, 2.24) is 0 Å². The van der Waals surface area contributed by atoms with Crippen LogP contribution in [0.25, 0.3) is 0 Å². The van der Waals surface area contributed by atoms with E-state index in [1.54, 1.807) is 0 Å². The summed E-state index contributed by atoms with van der Waals surface area (Å²) in [7, 11) is 1.46. The molecule has 0 heterocycles. The molecule has 0 spiro atoms. The van der Waals surface area contributed by atoms with Crippen LogP contribution in [-0.4, -0.2) is 25.7 Å². The number of hydrogen-bond donors (Lipinski definition) is 1. The van der Waals surface area contributed by atoms with Crippen LogP contribution in [0.5, 0.6) is 0 Å². The van der Waals surface area contributed by atoms with E-state index in [2.05, 4.69) is 63.4 Å². The molecule has 0 fully saturated rings. The molecule has 0 aliphatic heterocycles. The monoisotopic (exact) mass is 384 g/mol. The number of esters is 1. The number of quaternary nitrogens is 1. The van der Waals surface area contributed by atoms with E-state index >= 15 is 0 Å². The fraction of sp³-hybridized carbons (Fsp3) is 0.480. The second-order valence-electron chi connectivity index (χ2n) is 7.75. The van der Waals surface area contributed by atoms with Crippen LogP contribution in [0.1, 0.15) is 58.9 Å². The molecular weight excluding hydrogens is 346 g/mol. The molecule has 2 N–H and O–H groups in total. The van der Waals surface area contributed by atoms with Gasteiger partial charge in [-0.25, -0.2) is 4.79 Å². The van der Waals surface area contributed by atoms with Crippen molar-refractivity contribution in [3.63, 3.8) is 0 Å². The highest BCUT2D eigenvalue weighted by Gasteiger charge is 2.22. The van der Waals surface area contributed by atoms with E-state index in [-0.39, 0.29) is 12.0 Å². The van der Waals surface area contributed by atoms with Crippen molar-refractivity contribution in [3.8, 4) is 0 Å². The van der Waals surface area contributed by atoms with Gasteiger partial charge >= 0.3 is 5.97 Å². The Bertz CT molecular complexity index is 667. The molecule has 3 heteroatoms. The lowest BCUT2D eigenvalue weighted by atomic mass is 10.1. The fourth-order valence-corrected chi connectivity index (χ4v) is 3.05. The van der Waals surface area contributed by atoms with Gasteiger partial charge in [0.25, 0.3) is 0 Å². The first-order valence-electron chi connectivity index (χ1n) is 10.3. The van der Waals surface area contributed by atoms with E-state index < -0.39 is 0 Å². The SMILES string of the molecule is COC(=O)[C@H](Cc1ccccc1)[NH2+]C/C=C(\C)CC/C=C(\C)CCC=C(C)C. The summed E-state index contributed by atoms with van der Waals surface area (Å²) >= 11 is 0. The number of carbonyl (C=O) groups excluding carboxylic acids is 1. The molecule has 0 aliphatic carbocycles. The third kappa shape index (κ3) is 10.9. The molecular formula is C25H38NO2+. The van der Waals surface area contributed by atoms with Gasteiger partial charge in [-0.2, -0.15) is 0 Å². The predicted molar refractivity (Wildman–Crippen MR) is 118 cm³/mol. The van der Waals surface area contributed by atoms with Gasteiger partial charge in [0.15, 0.2) is 6.04 Å². The number of methoxy groups -OCH3 is 1. The molecule has 28 heavy (non-hydrogen) atoms. The average molecular weight is 385 g/mol. The number of carbonyl (C=O) groups is 1. The van der Waals surface area contributed by atoms with E-state index in [4.69, 9.17) is 4.74 Å². The Labute approximate surface area is 171 Å². The molecule has 1 aromatic rings. The van der Waals surface area contributed by atoms with Crippen molar-refractivity contribution in [1.29, 1.82) is 0 Å². The van der Waals surface area contributed by atoms with Crippen LogP contribution in [-0.2, 0) is 16.0 Å². The van der Waals surface area contributed by atoms with Crippen LogP contribution in [0.15, 0.2) is 65.3 Å². The van der Waals surface area contributed by atoms with Crippen molar-refractivity contribution in [2.24, 2.45) is 0 Å². The second kappa shape index (κ2) is 14.0. The number of nitrogens with two attached hydrogens (primary N) is 1. The Morgan fingerprint density at radius 3 is 2.18 bits per heavy atom. The van der Waals surface area contributed by atoms with Gasteiger partial charge in [0, 0.05) is 6.42 Å². The van der Waals surface area contributed by atoms with Crippen molar-refractivity contribution in [3.05, 3.63) is 70.8 Å². The maximum Gasteiger partial charge on any atom is 0.364 e. The van der Waals surface area contributed by atoms with Gasteiger partial charge in [-0.05, 0) is 65.0 Å². The Morgan fingerprint density at radius 1 is 0.964 bits per heavy atom. The van der Waals surface area contributed by atoms with E-state index in [9.17, 15) is 4.79 Å². The van der Waals surface area contributed by atoms with Crippen LogP contribution in [0.3, 0.4) is 0 Å². The fourth-order valence-electron chi connectivity index (χ4n) is 3.05. The van der Waals surface area contributed by atoms with Crippen LogP contribution in [0.4, 0.5) is 0 Å². The van der Waals surface area contributed by atoms with E-state index in [0.717, 1.165) is 37.8 Å². The first kappa shape index (κ1) is 23.9. The zero-order valence-electron chi connectivity index (χ0n) is 18.3. The van der Waals surface area contributed by atoms with Gasteiger partial charge in [0.1, 0.15) is 0 Å². The lowest BCUT2D eigenvalue weighted by molar-refractivity contribution is -0.669.